The summed E-state index contributed by atoms with van der Waals surface area (Å²) in [5.41, 5.74) is -1.37. The number of nitrogens with one attached hydrogen (secondary N) is 3. The fraction of sp³-hybridized carbons (Fsp3) is 0.375. The Balaban J connectivity index is 3.20. The molecule has 0 aromatic rings. The third-order valence-electron chi connectivity index (χ3n) is 2.12. The second-order valence-corrected chi connectivity index (χ2v) is 3.29. The van der Waals surface area contributed by atoms with Crippen LogP contribution in [0.5, 0.6) is 0 Å². The molecule has 5 amide bonds. The van der Waals surface area contributed by atoms with Gasteiger partial charge in [-0.15, -0.1) is 0 Å². The first-order chi connectivity index (χ1) is 8.84. The van der Waals surface area contributed by atoms with E-state index in [0.717, 1.165) is 7.11 Å². The minimum absolute atomic E-state index is 0.314. The van der Waals surface area contributed by atoms with Crippen molar-refractivity contribution < 1.29 is 34.0 Å². The molecule has 0 aromatic carbocycles. The summed E-state index contributed by atoms with van der Waals surface area (Å²) in [7, 11) is 1.14. The van der Waals surface area contributed by atoms with Gasteiger partial charge in [0.25, 0.3) is 17.4 Å². The highest BCUT2D eigenvalue weighted by molar-refractivity contribution is 6.34. The molecule has 1 aliphatic rings. The van der Waals surface area contributed by atoms with Gasteiger partial charge in [-0.1, -0.05) is 5.16 Å². The van der Waals surface area contributed by atoms with Gasteiger partial charge >= 0.3 is 12.1 Å². The Morgan fingerprint density at radius 2 is 1.84 bits per heavy atom. The molecule has 1 aliphatic heterocycles. The van der Waals surface area contributed by atoms with Crippen LogP contribution in [0.4, 0.5) is 9.59 Å². The van der Waals surface area contributed by atoms with Gasteiger partial charge in [-0.3, -0.25) is 20.2 Å². The van der Waals surface area contributed by atoms with Crippen molar-refractivity contribution in [3.05, 3.63) is 0 Å². The van der Waals surface area contributed by atoms with Crippen LogP contribution < -0.4 is 16.1 Å². The topological polar surface area (TPSA) is 155 Å². The van der Waals surface area contributed by atoms with Gasteiger partial charge in [0.05, 0.1) is 0 Å². The number of nitrogens with zero attached hydrogens (tertiary/aromatic N) is 1. The molecule has 104 valence electrons. The van der Waals surface area contributed by atoms with Gasteiger partial charge in [0, 0.05) is 0 Å². The quantitative estimate of drug-likeness (QED) is 0.271. The van der Waals surface area contributed by atoms with Crippen molar-refractivity contribution in [3.63, 3.8) is 0 Å². The second kappa shape index (κ2) is 5.30. The Labute approximate surface area is 105 Å². The Hall–Kier alpha value is -2.69. The van der Waals surface area contributed by atoms with E-state index >= 15 is 0 Å². The van der Waals surface area contributed by atoms with Crippen molar-refractivity contribution >= 4 is 29.7 Å². The highest BCUT2D eigenvalue weighted by Gasteiger charge is 2.56. The van der Waals surface area contributed by atoms with E-state index in [9.17, 15) is 19.2 Å². The van der Waals surface area contributed by atoms with Crippen molar-refractivity contribution in [3.8, 4) is 0 Å². The summed E-state index contributed by atoms with van der Waals surface area (Å²) in [6.45, 7) is 1.18. The van der Waals surface area contributed by atoms with E-state index in [2.05, 4.69) is 14.8 Å². The van der Waals surface area contributed by atoms with Gasteiger partial charge in [-0.2, -0.15) is 5.48 Å². The van der Waals surface area contributed by atoms with Crippen LogP contribution in [0.25, 0.3) is 0 Å². The van der Waals surface area contributed by atoms with Crippen LogP contribution in [-0.4, -0.2) is 47.5 Å². The number of carbonyl (C=O) groups excluding carboxylic acids is 3. The lowest BCUT2D eigenvalue weighted by Gasteiger charge is -2.31. The minimum atomic E-state index is -2.47. The first-order valence-corrected chi connectivity index (χ1v) is 4.76. The van der Waals surface area contributed by atoms with Crippen LogP contribution in [0.3, 0.4) is 0 Å². The van der Waals surface area contributed by atoms with E-state index in [0.29, 0.717) is 0 Å². The normalized spacial score (nSPS) is 18.4. The monoisotopic (exact) mass is 274 g/mol. The number of rotatable bonds is 4. The average Bonchev–Trinajstić information content (AvgIpc) is 2.28. The highest BCUT2D eigenvalue weighted by Crippen LogP contribution is 2.17. The lowest BCUT2D eigenvalue weighted by atomic mass is 9.94. The molecular formula is C8H10N4O7. The predicted octanol–water partition coefficient (Wildman–Crippen LogP) is -1.69. The molecule has 1 rings (SSSR count). The maximum absolute atomic E-state index is 11.8. The van der Waals surface area contributed by atoms with Gasteiger partial charge < -0.3 is 9.94 Å². The lowest BCUT2D eigenvalue weighted by Crippen LogP contribution is -2.71. The summed E-state index contributed by atoms with van der Waals surface area (Å²) in [4.78, 5) is 53.9. The molecule has 0 atom stereocenters. The van der Waals surface area contributed by atoms with Crippen molar-refractivity contribution in [1.29, 1.82) is 0 Å². The first kappa shape index (κ1) is 14.4. The number of amides is 5. The summed E-state index contributed by atoms with van der Waals surface area (Å²) in [5.74, 6) is -2.40. The van der Waals surface area contributed by atoms with Crippen LogP contribution in [-0.2, 0) is 19.3 Å². The van der Waals surface area contributed by atoms with Gasteiger partial charge in [0.2, 0.25) is 0 Å². The third kappa shape index (κ3) is 2.60. The van der Waals surface area contributed by atoms with Crippen molar-refractivity contribution in [2.45, 2.75) is 12.5 Å². The third-order valence-corrected chi connectivity index (χ3v) is 2.12. The molecule has 11 heteroatoms. The standard InChI is InChI=1S/C8H10N4O7/c1-3(11-18-2)8(19-12-7(16)17)4(13)9-6(15)10-5(8)14/h12H,1-2H3,(H,16,17)(H2,9,10,13,14,15). The zero-order valence-corrected chi connectivity index (χ0v) is 9.84. The highest BCUT2D eigenvalue weighted by atomic mass is 16.7. The molecule has 0 saturated carbocycles. The zero-order chi connectivity index (χ0) is 14.6. The second-order valence-electron chi connectivity index (χ2n) is 3.29. The Morgan fingerprint density at radius 1 is 1.32 bits per heavy atom. The van der Waals surface area contributed by atoms with E-state index in [-0.39, 0.29) is 5.71 Å². The molecule has 0 radical (unpaired) electrons. The number of hydrogen-bond donors (Lipinski definition) is 4. The average molecular weight is 274 g/mol. The summed E-state index contributed by atoms with van der Waals surface area (Å²) in [6, 6.07) is -1.06. The van der Waals surface area contributed by atoms with Gasteiger partial charge in [-0.05, 0) is 6.92 Å². The van der Waals surface area contributed by atoms with E-state index in [1.807, 2.05) is 0 Å². The Bertz CT molecular complexity index is 452. The lowest BCUT2D eigenvalue weighted by molar-refractivity contribution is -0.158. The fourth-order valence-electron chi connectivity index (χ4n) is 1.33. The summed E-state index contributed by atoms with van der Waals surface area (Å²) in [5, 5.41) is 15.3. The van der Waals surface area contributed by atoms with Crippen LogP contribution in [0.1, 0.15) is 6.92 Å². The number of urea groups is 1. The maximum atomic E-state index is 11.8. The van der Waals surface area contributed by atoms with E-state index in [4.69, 9.17) is 5.11 Å². The number of carboxylic acid groups (broad SMARTS) is 1. The molecule has 0 bridgehead atoms. The molecule has 0 unspecified atom stereocenters. The molecule has 0 aliphatic carbocycles. The number of hydroxylamine groups is 1. The predicted molar refractivity (Wildman–Crippen MR) is 56.8 cm³/mol. The number of imide groups is 2. The number of hydrogen-bond acceptors (Lipinski definition) is 7. The Kier molecular flexibility index (Phi) is 4.01. The molecule has 11 nitrogen and oxygen atoms in total. The Morgan fingerprint density at radius 3 is 2.26 bits per heavy atom. The molecule has 1 saturated heterocycles. The van der Waals surface area contributed by atoms with E-state index in [1.54, 1.807) is 10.6 Å². The largest absolute Gasteiger partial charge is 0.464 e. The summed E-state index contributed by atoms with van der Waals surface area (Å²) >= 11 is 0. The van der Waals surface area contributed by atoms with Crippen LogP contribution in [0, 0.1) is 0 Å². The molecule has 0 spiro atoms. The molecule has 1 heterocycles. The molecule has 4 N–H and O–H groups in total. The van der Waals surface area contributed by atoms with Crippen molar-refractivity contribution in [2.75, 3.05) is 7.11 Å². The maximum Gasteiger partial charge on any atom is 0.428 e. The van der Waals surface area contributed by atoms with Crippen LogP contribution >= 0.6 is 0 Å². The first-order valence-electron chi connectivity index (χ1n) is 4.76. The van der Waals surface area contributed by atoms with Crippen LogP contribution in [0.15, 0.2) is 5.16 Å². The van der Waals surface area contributed by atoms with Gasteiger partial charge in [0.15, 0.2) is 0 Å². The molecular weight excluding hydrogens is 264 g/mol. The number of oxime groups is 1. The van der Waals surface area contributed by atoms with Crippen molar-refractivity contribution in [2.24, 2.45) is 5.16 Å². The smallest absolute Gasteiger partial charge is 0.428 e. The number of barbiturate groups is 1. The summed E-state index contributed by atoms with van der Waals surface area (Å²) < 4.78 is 0. The SMILES string of the molecule is CON=C(C)C1(ONC(=O)O)C(=O)NC(=O)NC1=O. The van der Waals surface area contributed by atoms with Crippen LogP contribution in [0.2, 0.25) is 0 Å². The molecule has 19 heavy (non-hydrogen) atoms. The fourth-order valence-corrected chi connectivity index (χ4v) is 1.33. The zero-order valence-electron chi connectivity index (χ0n) is 9.84. The van der Waals surface area contributed by atoms with E-state index in [1.165, 1.54) is 12.4 Å². The minimum Gasteiger partial charge on any atom is -0.464 e. The van der Waals surface area contributed by atoms with Crippen molar-refractivity contribution in [1.82, 2.24) is 16.1 Å². The molecule has 0 aromatic heterocycles. The van der Waals surface area contributed by atoms with E-state index < -0.39 is 29.5 Å². The summed E-state index contributed by atoms with van der Waals surface area (Å²) in [6.07, 6.45) is -1.65. The van der Waals surface area contributed by atoms with Gasteiger partial charge in [-0.25, -0.2) is 14.4 Å². The number of carbonyl (C=O) groups is 4. The molecule has 1 fully saturated rings. The van der Waals surface area contributed by atoms with Gasteiger partial charge in [0.1, 0.15) is 12.8 Å².